The fourth-order valence-electron chi connectivity index (χ4n) is 4.18. The number of carbonyl (C=O) groups excluding carboxylic acids is 1. The summed E-state index contributed by atoms with van der Waals surface area (Å²) in [7, 11) is 6.44. The molecule has 4 atom stereocenters. The van der Waals surface area contributed by atoms with Crippen LogP contribution >= 0.6 is 0 Å². The molecule has 1 saturated carbocycles. The van der Waals surface area contributed by atoms with E-state index in [2.05, 4.69) is 30.9 Å². The lowest BCUT2D eigenvalue weighted by Crippen LogP contribution is -2.59. The summed E-state index contributed by atoms with van der Waals surface area (Å²) in [6, 6.07) is 9.84. The number of likely N-dealkylation sites (tertiary alicyclic amines) is 1. The second-order valence-corrected chi connectivity index (χ2v) is 6.99. The third-order valence-electron chi connectivity index (χ3n) is 5.20. The zero-order chi connectivity index (χ0) is 15.7. The number of piperidine rings is 1. The van der Waals surface area contributed by atoms with E-state index in [9.17, 15) is 4.79 Å². The van der Waals surface area contributed by atoms with E-state index in [0.717, 1.165) is 19.5 Å². The molecule has 1 aliphatic carbocycles. The highest BCUT2D eigenvalue weighted by atomic mass is 16.5. The van der Waals surface area contributed by atoms with Gasteiger partial charge in [-0.15, -0.1) is 0 Å². The number of carbonyl (C=O) groups is 1. The lowest BCUT2D eigenvalue weighted by atomic mass is 9.72. The third kappa shape index (κ3) is 3.03. The fraction of sp³-hybridized carbons (Fsp3) is 0.611. The lowest BCUT2D eigenvalue weighted by molar-refractivity contribution is -0.0873. The highest BCUT2D eigenvalue weighted by Crippen LogP contribution is 2.38. The van der Waals surface area contributed by atoms with Crippen LogP contribution in [-0.2, 0) is 4.74 Å². The first kappa shape index (κ1) is 15.5. The number of hydrogen-bond donors (Lipinski definition) is 0. The highest BCUT2D eigenvalue weighted by Gasteiger charge is 2.46. The maximum Gasteiger partial charge on any atom is 0.338 e. The van der Waals surface area contributed by atoms with Gasteiger partial charge < -0.3 is 14.5 Å². The third-order valence-corrected chi connectivity index (χ3v) is 5.20. The van der Waals surface area contributed by atoms with Crippen LogP contribution in [0.1, 0.15) is 23.2 Å². The van der Waals surface area contributed by atoms with Crippen LogP contribution in [0.15, 0.2) is 30.3 Å². The molecule has 3 rings (SSSR count). The summed E-state index contributed by atoms with van der Waals surface area (Å²) in [5, 5.41) is 0. The Kier molecular flexibility index (Phi) is 4.50. The van der Waals surface area contributed by atoms with Crippen molar-refractivity contribution < 1.29 is 9.53 Å². The molecule has 0 aromatic heterocycles. The van der Waals surface area contributed by atoms with Crippen LogP contribution in [0.3, 0.4) is 0 Å². The number of benzene rings is 1. The molecule has 4 heteroatoms. The Hall–Kier alpha value is -1.39. The number of nitrogens with zero attached hydrogens (tertiary/aromatic N) is 2. The van der Waals surface area contributed by atoms with Gasteiger partial charge in [-0.2, -0.15) is 0 Å². The van der Waals surface area contributed by atoms with Crippen LogP contribution in [0.2, 0.25) is 0 Å². The SMILES string of the molecule is CN1CC2CC[C@@H](N(C)C)C(C1)[C@@H]2OC(=O)c1ccccc1. The van der Waals surface area contributed by atoms with Gasteiger partial charge in [0.25, 0.3) is 0 Å². The minimum atomic E-state index is -0.176. The van der Waals surface area contributed by atoms with E-state index in [-0.39, 0.29) is 12.1 Å². The van der Waals surface area contributed by atoms with Crippen molar-refractivity contribution in [3.8, 4) is 0 Å². The summed E-state index contributed by atoms with van der Waals surface area (Å²) in [5.74, 6) is 0.692. The topological polar surface area (TPSA) is 32.8 Å². The van der Waals surface area contributed by atoms with Crippen molar-refractivity contribution in [2.75, 3.05) is 34.2 Å². The van der Waals surface area contributed by atoms with Crippen molar-refractivity contribution in [3.63, 3.8) is 0 Å². The standard InChI is InChI=1S/C18H26N2O2/c1-19(2)16-10-9-14-11-20(3)12-15(16)17(14)22-18(21)13-7-5-4-6-8-13/h4-8,14-17H,9-12H2,1-3H3/t14?,15?,16-,17-/m1/s1. The van der Waals surface area contributed by atoms with Crippen molar-refractivity contribution >= 4 is 5.97 Å². The Morgan fingerprint density at radius 3 is 2.59 bits per heavy atom. The van der Waals surface area contributed by atoms with Crippen LogP contribution in [-0.4, -0.2) is 62.1 Å². The highest BCUT2D eigenvalue weighted by molar-refractivity contribution is 5.89. The van der Waals surface area contributed by atoms with Crippen molar-refractivity contribution in [3.05, 3.63) is 35.9 Å². The van der Waals surface area contributed by atoms with Crippen LogP contribution < -0.4 is 0 Å². The number of fused-ring (bicyclic) bond motifs is 2. The molecule has 1 saturated heterocycles. The molecule has 1 aromatic carbocycles. The zero-order valence-electron chi connectivity index (χ0n) is 13.7. The molecule has 4 nitrogen and oxygen atoms in total. The van der Waals surface area contributed by atoms with Crippen molar-refractivity contribution in [2.45, 2.75) is 25.0 Å². The number of esters is 1. The van der Waals surface area contributed by atoms with Gasteiger partial charge in [0.1, 0.15) is 6.10 Å². The maximum atomic E-state index is 12.5. The number of rotatable bonds is 3. The molecular weight excluding hydrogens is 276 g/mol. The van der Waals surface area contributed by atoms with Gasteiger partial charge in [0.2, 0.25) is 0 Å². The first-order valence-electron chi connectivity index (χ1n) is 8.17. The zero-order valence-corrected chi connectivity index (χ0v) is 13.7. The molecule has 0 spiro atoms. The van der Waals surface area contributed by atoms with Crippen LogP contribution in [0.4, 0.5) is 0 Å². The van der Waals surface area contributed by atoms with E-state index in [1.54, 1.807) is 0 Å². The van der Waals surface area contributed by atoms with E-state index >= 15 is 0 Å². The Morgan fingerprint density at radius 1 is 1.18 bits per heavy atom. The van der Waals surface area contributed by atoms with Gasteiger partial charge in [-0.1, -0.05) is 18.2 Å². The smallest absolute Gasteiger partial charge is 0.338 e. The van der Waals surface area contributed by atoms with Crippen molar-refractivity contribution in [1.82, 2.24) is 9.80 Å². The minimum Gasteiger partial charge on any atom is -0.458 e. The van der Waals surface area contributed by atoms with E-state index in [1.807, 2.05) is 30.3 Å². The van der Waals surface area contributed by atoms with Crippen molar-refractivity contribution in [1.29, 1.82) is 0 Å². The van der Waals surface area contributed by atoms with Crippen LogP contribution in [0, 0.1) is 11.8 Å². The average molecular weight is 302 g/mol. The molecule has 0 radical (unpaired) electrons. The van der Waals surface area contributed by atoms with E-state index in [0.29, 0.717) is 23.4 Å². The first-order chi connectivity index (χ1) is 10.6. The summed E-state index contributed by atoms with van der Waals surface area (Å²) in [6.07, 6.45) is 2.39. The maximum absolute atomic E-state index is 12.5. The van der Waals surface area contributed by atoms with Gasteiger partial charge >= 0.3 is 5.97 Å². The minimum absolute atomic E-state index is 0.0463. The Balaban J connectivity index is 1.78. The quantitative estimate of drug-likeness (QED) is 0.801. The summed E-state index contributed by atoms with van der Waals surface area (Å²) in [5.41, 5.74) is 0.654. The fourth-order valence-corrected chi connectivity index (χ4v) is 4.18. The first-order valence-corrected chi connectivity index (χ1v) is 8.17. The van der Waals surface area contributed by atoms with E-state index in [4.69, 9.17) is 4.74 Å². The second-order valence-electron chi connectivity index (χ2n) is 6.99. The Morgan fingerprint density at radius 2 is 1.91 bits per heavy atom. The summed E-state index contributed by atoms with van der Waals surface area (Å²) < 4.78 is 5.98. The Bertz CT molecular complexity index is 517. The van der Waals surface area contributed by atoms with Gasteiger partial charge in [0.05, 0.1) is 5.56 Å². The lowest BCUT2D eigenvalue weighted by Gasteiger charge is -2.50. The molecule has 0 amide bonds. The number of ether oxygens (including phenoxy) is 1. The largest absolute Gasteiger partial charge is 0.458 e. The predicted molar refractivity (Wildman–Crippen MR) is 86.8 cm³/mol. The monoisotopic (exact) mass is 302 g/mol. The normalized spacial score (nSPS) is 32.0. The molecule has 0 N–H and O–H groups in total. The van der Waals surface area contributed by atoms with Crippen LogP contribution in [0.5, 0.6) is 0 Å². The molecule has 120 valence electrons. The van der Waals surface area contributed by atoms with E-state index < -0.39 is 0 Å². The molecular formula is C18H26N2O2. The molecule has 2 unspecified atom stereocenters. The second kappa shape index (κ2) is 6.39. The summed E-state index contributed by atoms with van der Waals surface area (Å²) in [4.78, 5) is 17.1. The Labute approximate surface area is 133 Å². The molecule has 2 aliphatic rings. The van der Waals surface area contributed by atoms with Gasteiger partial charge in [0.15, 0.2) is 0 Å². The molecule has 1 aromatic rings. The molecule has 1 aliphatic heterocycles. The predicted octanol–water partition coefficient (Wildman–Crippen LogP) is 2.11. The average Bonchev–Trinajstić information content (AvgIpc) is 2.49. The van der Waals surface area contributed by atoms with Gasteiger partial charge in [-0.05, 0) is 46.1 Å². The van der Waals surface area contributed by atoms with Gasteiger partial charge in [-0.25, -0.2) is 4.79 Å². The molecule has 2 fully saturated rings. The van der Waals surface area contributed by atoms with Crippen LogP contribution in [0.25, 0.3) is 0 Å². The molecule has 1 heterocycles. The van der Waals surface area contributed by atoms with Gasteiger partial charge in [-0.3, -0.25) is 0 Å². The molecule has 22 heavy (non-hydrogen) atoms. The summed E-state index contributed by atoms with van der Waals surface area (Å²) >= 11 is 0. The molecule has 2 bridgehead atoms. The van der Waals surface area contributed by atoms with Crippen molar-refractivity contribution in [2.24, 2.45) is 11.8 Å². The summed E-state index contributed by atoms with van der Waals surface area (Å²) in [6.45, 7) is 2.04. The van der Waals surface area contributed by atoms with E-state index in [1.165, 1.54) is 6.42 Å². The van der Waals surface area contributed by atoms with Gasteiger partial charge in [0, 0.05) is 31.0 Å². The number of hydrogen-bond acceptors (Lipinski definition) is 4.